The number of benzene rings is 2. The third kappa shape index (κ3) is 7.02. The maximum atomic E-state index is 12.5. The van der Waals surface area contributed by atoms with Crippen molar-refractivity contribution in [2.75, 3.05) is 15.4 Å². The van der Waals surface area contributed by atoms with E-state index in [1.165, 1.54) is 6.20 Å². The molecule has 3 N–H and O–H groups in total. The van der Waals surface area contributed by atoms with E-state index in [4.69, 9.17) is 16.3 Å². The lowest BCUT2D eigenvalue weighted by Gasteiger charge is -2.19. The van der Waals surface area contributed by atoms with E-state index in [0.717, 1.165) is 33.9 Å². The van der Waals surface area contributed by atoms with Crippen LogP contribution in [0, 0.1) is 0 Å². The molecule has 0 radical (unpaired) electrons. The number of anilines is 5. The fraction of sp³-hybridized carbons (Fsp3) is 0.296. The van der Waals surface area contributed by atoms with Crippen LogP contribution >= 0.6 is 11.6 Å². The summed E-state index contributed by atoms with van der Waals surface area (Å²) in [5.74, 6) is 1.52. The topological polar surface area (TPSA) is 106 Å². The Labute approximate surface area is 230 Å². The molecule has 0 aliphatic rings. The molecule has 0 spiro atoms. The fourth-order valence-electron chi connectivity index (χ4n) is 3.45. The van der Waals surface area contributed by atoms with Crippen molar-refractivity contribution in [3.05, 3.63) is 66.1 Å². The lowest BCUT2D eigenvalue weighted by atomic mass is 10.1. The summed E-state index contributed by atoms with van der Waals surface area (Å²) >= 11 is 6.40. The molecule has 1 unspecified atom stereocenters. The van der Waals surface area contributed by atoms with Crippen molar-refractivity contribution in [3.8, 4) is 16.9 Å². The highest BCUT2D eigenvalue weighted by Gasteiger charge is 2.19. The van der Waals surface area contributed by atoms with E-state index in [0.29, 0.717) is 16.8 Å². The van der Waals surface area contributed by atoms with Crippen LogP contribution in [0.2, 0.25) is 5.02 Å². The summed E-state index contributed by atoms with van der Waals surface area (Å²) in [5, 5.41) is 11.1. The molecule has 0 amide bonds. The second-order valence-corrected chi connectivity index (χ2v) is 12.4. The van der Waals surface area contributed by atoms with Crippen LogP contribution in [0.5, 0.6) is 5.75 Å². The Bertz CT molecular complexity index is 1450. The quantitative estimate of drug-likeness (QED) is 0.212. The van der Waals surface area contributed by atoms with Gasteiger partial charge in [0.2, 0.25) is 5.95 Å². The van der Waals surface area contributed by atoms with Gasteiger partial charge in [0.05, 0.1) is 23.2 Å². The molecule has 11 heteroatoms. The van der Waals surface area contributed by atoms with Crippen LogP contribution in [-0.4, -0.2) is 34.8 Å². The molecule has 2 heterocycles. The van der Waals surface area contributed by atoms with E-state index in [-0.39, 0.29) is 6.10 Å². The Hall–Kier alpha value is -3.63. The predicted octanol–water partition coefficient (Wildman–Crippen LogP) is 6.68. The number of nitrogens with zero attached hydrogens (tertiary/aromatic N) is 4. The summed E-state index contributed by atoms with van der Waals surface area (Å²) in [7, 11) is 0.633. The van der Waals surface area contributed by atoms with Crippen LogP contribution in [0.25, 0.3) is 11.1 Å². The Morgan fingerprint density at radius 1 is 1.03 bits per heavy atom. The zero-order valence-corrected chi connectivity index (χ0v) is 23.8. The number of hydrogen-bond donors (Lipinski definition) is 3. The van der Waals surface area contributed by atoms with E-state index >= 15 is 0 Å². The minimum atomic E-state index is -1.25. The molecular weight excluding hydrogens is 522 g/mol. The van der Waals surface area contributed by atoms with Crippen LogP contribution in [0.3, 0.4) is 0 Å². The highest BCUT2D eigenvalue weighted by Crippen LogP contribution is 2.34. The molecule has 200 valence electrons. The molecule has 38 heavy (non-hydrogen) atoms. The molecule has 2 aromatic heterocycles. The highest BCUT2D eigenvalue weighted by molar-refractivity contribution is 7.87. The van der Waals surface area contributed by atoms with Crippen molar-refractivity contribution in [1.82, 2.24) is 19.7 Å². The van der Waals surface area contributed by atoms with Gasteiger partial charge in [0.25, 0.3) is 0 Å². The zero-order valence-electron chi connectivity index (χ0n) is 22.2. The molecule has 0 aliphatic heterocycles. The molecule has 2 aromatic carbocycles. The van der Waals surface area contributed by atoms with Crippen LogP contribution < -0.4 is 20.1 Å². The maximum absolute atomic E-state index is 12.5. The van der Waals surface area contributed by atoms with Crippen molar-refractivity contribution in [1.29, 1.82) is 0 Å². The summed E-state index contributed by atoms with van der Waals surface area (Å²) in [6.07, 6.45) is 5.28. The van der Waals surface area contributed by atoms with Gasteiger partial charge in [-0.15, -0.1) is 0 Å². The zero-order chi connectivity index (χ0) is 27.4. The minimum absolute atomic E-state index is 0.00525. The first kappa shape index (κ1) is 27.4. The molecule has 9 nitrogen and oxygen atoms in total. The van der Waals surface area contributed by atoms with Crippen molar-refractivity contribution in [2.45, 2.75) is 45.5 Å². The van der Waals surface area contributed by atoms with Gasteiger partial charge in [0.15, 0.2) is 5.82 Å². The van der Waals surface area contributed by atoms with Gasteiger partial charge in [-0.1, -0.05) is 17.7 Å². The standard InChI is InChI=1S/C27H32ClN7O2S/c1-17(2)37-24-13-20(10-11-22(24)18-14-30-35(6)16-18)32-26-29-15-23(28)25(33-26)31-19-8-7-9-21(12-19)34-38(36)27(3,4)5/h7-17,34H,1-6H3,(H2,29,31,32,33). The summed E-state index contributed by atoms with van der Waals surface area (Å²) < 4.78 is 23.0. The Kier molecular flexibility index (Phi) is 8.23. The first-order valence-electron chi connectivity index (χ1n) is 12.1. The van der Waals surface area contributed by atoms with Crippen LogP contribution in [-0.2, 0) is 18.0 Å². The summed E-state index contributed by atoms with van der Waals surface area (Å²) in [5.41, 5.74) is 4.13. The fourth-order valence-corrected chi connectivity index (χ4v) is 4.24. The predicted molar refractivity (Wildman–Crippen MR) is 156 cm³/mol. The van der Waals surface area contributed by atoms with Gasteiger partial charge in [-0.25, -0.2) is 9.19 Å². The number of rotatable bonds is 9. The average Bonchev–Trinajstić information content (AvgIpc) is 3.26. The maximum Gasteiger partial charge on any atom is 0.229 e. The highest BCUT2D eigenvalue weighted by atomic mass is 35.5. The summed E-state index contributed by atoms with van der Waals surface area (Å²) in [4.78, 5) is 8.90. The monoisotopic (exact) mass is 553 g/mol. The number of nitrogens with one attached hydrogen (secondary N) is 3. The van der Waals surface area contributed by atoms with Crippen molar-refractivity contribution in [2.24, 2.45) is 7.05 Å². The van der Waals surface area contributed by atoms with E-state index in [1.54, 1.807) is 10.9 Å². The molecule has 1 atom stereocenters. The molecule has 0 fully saturated rings. The molecule has 0 aliphatic carbocycles. The molecule has 0 saturated heterocycles. The van der Waals surface area contributed by atoms with Gasteiger partial charge in [-0.05, 0) is 65.0 Å². The van der Waals surface area contributed by atoms with Gasteiger partial charge in [-0.3, -0.25) is 4.68 Å². The van der Waals surface area contributed by atoms with Crippen molar-refractivity contribution >= 4 is 51.4 Å². The van der Waals surface area contributed by atoms with E-state index in [9.17, 15) is 4.21 Å². The van der Waals surface area contributed by atoms with Gasteiger partial charge in [-0.2, -0.15) is 10.1 Å². The van der Waals surface area contributed by atoms with Crippen LogP contribution in [0.15, 0.2) is 61.1 Å². The SMILES string of the molecule is CC(C)Oc1cc(Nc2ncc(Cl)c(Nc3cccc(NS(=O)C(C)(C)C)c3)n2)ccc1-c1cnn(C)c1. The average molecular weight is 554 g/mol. The number of hydrogen-bond acceptors (Lipinski definition) is 7. The van der Waals surface area contributed by atoms with Crippen LogP contribution in [0.1, 0.15) is 34.6 Å². The molecule has 0 saturated carbocycles. The van der Waals surface area contributed by atoms with Gasteiger partial charge in [0.1, 0.15) is 21.8 Å². The molecule has 0 bridgehead atoms. The minimum Gasteiger partial charge on any atom is -0.490 e. The molecule has 4 aromatic rings. The number of ether oxygens (including phenoxy) is 1. The third-order valence-corrected chi connectivity index (χ3v) is 7.06. The van der Waals surface area contributed by atoms with E-state index < -0.39 is 15.7 Å². The first-order valence-corrected chi connectivity index (χ1v) is 13.7. The number of halogens is 1. The Balaban J connectivity index is 1.55. The first-order chi connectivity index (χ1) is 18.0. The van der Waals surface area contributed by atoms with Gasteiger partial charge in [0, 0.05) is 47.5 Å². The van der Waals surface area contributed by atoms with Crippen molar-refractivity contribution < 1.29 is 8.95 Å². The summed E-state index contributed by atoms with van der Waals surface area (Å²) in [6, 6.07) is 13.3. The molecular formula is C27H32ClN7O2S. The van der Waals surface area contributed by atoms with Gasteiger partial charge < -0.3 is 20.1 Å². The molecule has 4 rings (SSSR count). The van der Waals surface area contributed by atoms with Crippen LogP contribution in [0.4, 0.5) is 28.8 Å². The van der Waals surface area contributed by atoms with Crippen molar-refractivity contribution in [3.63, 3.8) is 0 Å². The Morgan fingerprint density at radius 3 is 2.45 bits per heavy atom. The third-order valence-electron chi connectivity index (χ3n) is 5.25. The largest absolute Gasteiger partial charge is 0.490 e. The van der Waals surface area contributed by atoms with Gasteiger partial charge >= 0.3 is 0 Å². The number of aryl methyl sites for hydroxylation is 1. The second kappa shape index (κ2) is 11.4. The lowest BCUT2D eigenvalue weighted by molar-refractivity contribution is 0.243. The van der Waals surface area contributed by atoms with E-state index in [2.05, 4.69) is 30.4 Å². The lowest BCUT2D eigenvalue weighted by Crippen LogP contribution is -2.27. The smallest absolute Gasteiger partial charge is 0.229 e. The Morgan fingerprint density at radius 2 is 1.76 bits per heavy atom. The second-order valence-electron chi connectivity index (χ2n) is 9.98. The normalized spacial score (nSPS) is 12.3. The number of aromatic nitrogens is 4. The summed E-state index contributed by atoms with van der Waals surface area (Å²) in [6.45, 7) is 9.71. The van der Waals surface area contributed by atoms with E-state index in [1.807, 2.05) is 90.3 Å².